The first-order valence-corrected chi connectivity index (χ1v) is 5.63. The zero-order valence-electron chi connectivity index (χ0n) is 6.27. The summed E-state index contributed by atoms with van der Waals surface area (Å²) in [7, 11) is 0. The molecule has 0 rings (SSSR count). The number of hydrogen-bond acceptors (Lipinski definition) is 4. The van der Waals surface area contributed by atoms with E-state index >= 15 is 0 Å². The maximum absolute atomic E-state index is 9.18. The maximum atomic E-state index is 9.18. The van der Waals surface area contributed by atoms with Gasteiger partial charge in [-0.1, -0.05) is 31.9 Å². The smallest absolute Gasteiger partial charge is 0.109 e. The normalized spacial score (nSPS) is 21.5. The van der Waals surface area contributed by atoms with Gasteiger partial charge in [-0.2, -0.15) is 0 Å². The summed E-state index contributed by atoms with van der Waals surface area (Å²) >= 11 is 5.88. The summed E-state index contributed by atoms with van der Waals surface area (Å²) in [5.41, 5.74) is 0. The van der Waals surface area contributed by atoms with Crippen molar-refractivity contribution in [3.8, 4) is 0 Å². The van der Waals surface area contributed by atoms with Gasteiger partial charge in [0.1, 0.15) is 12.2 Å². The van der Waals surface area contributed by atoms with Crippen molar-refractivity contribution in [1.29, 1.82) is 0 Å². The van der Waals surface area contributed by atoms with E-state index in [1.165, 1.54) is 0 Å². The van der Waals surface area contributed by atoms with Gasteiger partial charge in [0.05, 0.1) is 12.2 Å². The minimum absolute atomic E-state index is 0.153. The molecule has 0 spiro atoms. The molecule has 4 N–H and O–H groups in total. The molecule has 6 heteroatoms. The lowest BCUT2D eigenvalue weighted by molar-refractivity contribution is -0.0916. The fourth-order valence-electron chi connectivity index (χ4n) is 0.638. The van der Waals surface area contributed by atoms with Gasteiger partial charge in [-0.3, -0.25) is 0 Å². The van der Waals surface area contributed by atoms with E-state index in [9.17, 15) is 10.2 Å². The van der Waals surface area contributed by atoms with Crippen molar-refractivity contribution in [1.82, 2.24) is 0 Å². The third-order valence-corrected chi connectivity index (χ3v) is 2.78. The summed E-state index contributed by atoms with van der Waals surface area (Å²) in [4.78, 5) is 0. The lowest BCUT2D eigenvalue weighted by Crippen LogP contribution is -2.45. The van der Waals surface area contributed by atoms with Crippen molar-refractivity contribution >= 4 is 31.9 Å². The van der Waals surface area contributed by atoms with Crippen LogP contribution in [0.3, 0.4) is 0 Å². The summed E-state index contributed by atoms with van der Waals surface area (Å²) in [5.74, 6) is 0. The molecule has 74 valence electrons. The highest BCUT2D eigenvalue weighted by Crippen LogP contribution is 2.08. The molecule has 0 unspecified atom stereocenters. The van der Waals surface area contributed by atoms with E-state index in [0.717, 1.165) is 0 Å². The zero-order chi connectivity index (χ0) is 9.72. The second kappa shape index (κ2) is 6.28. The highest BCUT2D eigenvalue weighted by molar-refractivity contribution is 9.09. The minimum Gasteiger partial charge on any atom is -0.389 e. The largest absolute Gasteiger partial charge is 0.389 e. The molecule has 4 atom stereocenters. The topological polar surface area (TPSA) is 80.9 Å². The Kier molecular flexibility index (Phi) is 6.70. The van der Waals surface area contributed by atoms with Crippen LogP contribution in [0.2, 0.25) is 0 Å². The molecule has 0 amide bonds. The lowest BCUT2D eigenvalue weighted by Gasteiger charge is -2.24. The number of rotatable bonds is 5. The van der Waals surface area contributed by atoms with Gasteiger partial charge in [-0.15, -0.1) is 0 Å². The molecule has 0 aromatic rings. The fourth-order valence-corrected chi connectivity index (χ4v) is 1.40. The van der Waals surface area contributed by atoms with E-state index in [-0.39, 0.29) is 10.7 Å². The number of hydrogen-bond donors (Lipinski definition) is 4. The van der Waals surface area contributed by atoms with Crippen LogP contribution in [0.15, 0.2) is 0 Å². The van der Waals surface area contributed by atoms with Gasteiger partial charge in [-0.05, 0) is 0 Å². The lowest BCUT2D eigenvalue weighted by atomic mass is 10.1. The van der Waals surface area contributed by atoms with Crippen LogP contribution in [0, 0.1) is 0 Å². The van der Waals surface area contributed by atoms with Gasteiger partial charge in [0, 0.05) is 10.7 Å². The van der Waals surface area contributed by atoms with E-state index in [2.05, 4.69) is 31.9 Å². The van der Waals surface area contributed by atoms with Gasteiger partial charge < -0.3 is 20.4 Å². The molecule has 0 aromatic carbocycles. The number of halogens is 2. The van der Waals surface area contributed by atoms with Crippen LogP contribution in [0.25, 0.3) is 0 Å². The quantitative estimate of drug-likeness (QED) is 0.502. The second-order valence-electron chi connectivity index (χ2n) is 2.42. The average Bonchev–Trinajstić information content (AvgIpc) is 2.12. The van der Waals surface area contributed by atoms with E-state index in [1.54, 1.807) is 0 Å². The van der Waals surface area contributed by atoms with Crippen molar-refractivity contribution in [2.45, 2.75) is 24.4 Å². The first-order valence-electron chi connectivity index (χ1n) is 3.38. The Morgan fingerprint density at radius 1 is 0.750 bits per heavy atom. The van der Waals surface area contributed by atoms with Crippen molar-refractivity contribution in [2.75, 3.05) is 10.7 Å². The Bertz CT molecular complexity index is 110. The molecule has 0 saturated carbocycles. The van der Waals surface area contributed by atoms with Crippen molar-refractivity contribution < 1.29 is 20.4 Å². The highest BCUT2D eigenvalue weighted by Gasteiger charge is 2.28. The third-order valence-electron chi connectivity index (χ3n) is 1.45. The summed E-state index contributed by atoms with van der Waals surface area (Å²) in [6.07, 6.45) is -4.82. The first kappa shape index (κ1) is 12.8. The van der Waals surface area contributed by atoms with Crippen molar-refractivity contribution in [2.24, 2.45) is 0 Å². The molecule has 0 fully saturated rings. The Labute approximate surface area is 87.5 Å². The molecular formula is C6H12Br2O4. The number of alkyl halides is 2. The summed E-state index contributed by atoms with van der Waals surface area (Å²) in [6, 6.07) is 0. The molecule has 0 aliphatic carbocycles. The summed E-state index contributed by atoms with van der Waals surface area (Å²) < 4.78 is 0. The number of aliphatic hydroxyl groups excluding tert-OH is 4. The summed E-state index contributed by atoms with van der Waals surface area (Å²) in [6.45, 7) is 0. The Balaban J connectivity index is 3.99. The van der Waals surface area contributed by atoms with Crippen molar-refractivity contribution in [3.63, 3.8) is 0 Å². The van der Waals surface area contributed by atoms with E-state index in [4.69, 9.17) is 10.2 Å². The van der Waals surface area contributed by atoms with Crippen molar-refractivity contribution in [3.05, 3.63) is 0 Å². The van der Waals surface area contributed by atoms with Crippen LogP contribution in [0.4, 0.5) is 0 Å². The van der Waals surface area contributed by atoms with E-state index in [0.29, 0.717) is 0 Å². The first-order chi connectivity index (χ1) is 5.54. The average molecular weight is 308 g/mol. The minimum atomic E-state index is -1.34. The van der Waals surface area contributed by atoms with Gasteiger partial charge in [0.2, 0.25) is 0 Å². The van der Waals surface area contributed by atoms with Crippen LogP contribution >= 0.6 is 31.9 Å². The van der Waals surface area contributed by atoms with Crippen LogP contribution < -0.4 is 0 Å². The van der Waals surface area contributed by atoms with Gasteiger partial charge in [0.25, 0.3) is 0 Å². The highest BCUT2D eigenvalue weighted by atomic mass is 79.9. The molecule has 0 bridgehead atoms. The fraction of sp³-hybridized carbons (Fsp3) is 1.00. The van der Waals surface area contributed by atoms with Crippen LogP contribution in [-0.2, 0) is 0 Å². The molecule has 0 heterocycles. The Morgan fingerprint density at radius 2 is 1.00 bits per heavy atom. The van der Waals surface area contributed by atoms with Crippen LogP contribution in [-0.4, -0.2) is 55.5 Å². The SMILES string of the molecule is O[C@H]([C@@H](O)[C@H](O)CBr)[C@H](O)CBr. The third kappa shape index (κ3) is 3.68. The maximum Gasteiger partial charge on any atom is 0.109 e. The molecule has 0 saturated heterocycles. The molecule has 0 radical (unpaired) electrons. The van der Waals surface area contributed by atoms with Crippen LogP contribution in [0.5, 0.6) is 0 Å². The second-order valence-corrected chi connectivity index (χ2v) is 3.72. The Hall–Kier alpha value is 0.800. The van der Waals surface area contributed by atoms with Gasteiger partial charge in [-0.25, -0.2) is 0 Å². The number of aliphatic hydroxyl groups is 4. The zero-order valence-corrected chi connectivity index (χ0v) is 9.44. The molecule has 0 aromatic heterocycles. The molecule has 0 aliphatic rings. The van der Waals surface area contributed by atoms with E-state index in [1.807, 2.05) is 0 Å². The van der Waals surface area contributed by atoms with Gasteiger partial charge >= 0.3 is 0 Å². The predicted molar refractivity (Wildman–Crippen MR) is 51.6 cm³/mol. The van der Waals surface area contributed by atoms with E-state index < -0.39 is 24.4 Å². The van der Waals surface area contributed by atoms with Crippen LogP contribution in [0.1, 0.15) is 0 Å². The molecule has 0 aliphatic heterocycles. The Morgan fingerprint density at radius 3 is 1.17 bits per heavy atom. The monoisotopic (exact) mass is 306 g/mol. The standard InChI is InChI=1S/C6H12Br2O4/c7-1-3(9)5(11)6(12)4(10)2-8/h3-6,9-12H,1-2H2/t3-,4-,5+,6+/m1/s1. The van der Waals surface area contributed by atoms with Gasteiger partial charge in [0.15, 0.2) is 0 Å². The molecule has 12 heavy (non-hydrogen) atoms. The predicted octanol–water partition coefficient (Wildman–Crippen LogP) is -0.780. The molecular weight excluding hydrogens is 296 g/mol. The molecule has 4 nitrogen and oxygen atoms in total. The summed E-state index contributed by atoms with van der Waals surface area (Å²) in [5, 5.41) is 36.8.